The highest BCUT2D eigenvalue weighted by Gasteiger charge is 2.26. The number of hydrogen-bond donors (Lipinski definition) is 1. The molecular weight excluding hydrogens is 326 g/mol. The van der Waals surface area contributed by atoms with Gasteiger partial charge < -0.3 is 0 Å². The Kier molecular flexibility index (Phi) is 5.28. The van der Waals surface area contributed by atoms with Crippen LogP contribution in [0, 0.1) is 26.7 Å². The normalized spacial score (nSPS) is 12.6. The molecule has 4 heteroatoms. The van der Waals surface area contributed by atoms with Crippen LogP contribution in [0.5, 0.6) is 0 Å². The van der Waals surface area contributed by atoms with Crippen LogP contribution in [0.1, 0.15) is 47.8 Å². The van der Waals surface area contributed by atoms with Gasteiger partial charge in [-0.15, -0.1) is 0 Å². The molecule has 0 saturated carbocycles. The van der Waals surface area contributed by atoms with E-state index in [0.717, 1.165) is 16.4 Å². The summed E-state index contributed by atoms with van der Waals surface area (Å²) in [7, 11) is 0. The summed E-state index contributed by atoms with van der Waals surface area (Å²) in [5.74, 6) is 0.665. The van der Waals surface area contributed by atoms with E-state index in [-0.39, 0.29) is 5.92 Å². The van der Waals surface area contributed by atoms with Crippen LogP contribution in [0.25, 0.3) is 0 Å². The molecule has 1 aromatic carbocycles. The van der Waals surface area contributed by atoms with Gasteiger partial charge >= 0.3 is 0 Å². The highest BCUT2D eigenvalue weighted by Crippen LogP contribution is 2.40. The fraction of sp³-hybridized carbons (Fsp3) is 0.333. The van der Waals surface area contributed by atoms with Gasteiger partial charge in [0.1, 0.15) is 5.03 Å². The van der Waals surface area contributed by atoms with Crippen molar-refractivity contribution in [1.82, 2.24) is 15.2 Å². The molecule has 1 atom stereocenters. The van der Waals surface area contributed by atoms with Crippen molar-refractivity contribution >= 4 is 11.8 Å². The zero-order valence-electron chi connectivity index (χ0n) is 15.5. The predicted octanol–water partition coefficient (Wildman–Crippen LogP) is 5.67. The van der Waals surface area contributed by atoms with Gasteiger partial charge in [0, 0.05) is 34.0 Å². The summed E-state index contributed by atoms with van der Waals surface area (Å²) in [6, 6.07) is 12.8. The van der Waals surface area contributed by atoms with Crippen LogP contribution in [0.2, 0.25) is 0 Å². The Labute approximate surface area is 154 Å². The van der Waals surface area contributed by atoms with E-state index >= 15 is 0 Å². The molecule has 0 bridgehead atoms. The zero-order chi connectivity index (χ0) is 18.0. The van der Waals surface area contributed by atoms with Gasteiger partial charge in [-0.05, 0) is 62.1 Å². The third kappa shape index (κ3) is 3.96. The monoisotopic (exact) mass is 351 g/mol. The van der Waals surface area contributed by atoms with E-state index in [1.807, 2.05) is 12.3 Å². The van der Waals surface area contributed by atoms with E-state index in [2.05, 4.69) is 80.1 Å². The van der Waals surface area contributed by atoms with E-state index in [1.165, 1.54) is 21.6 Å². The molecule has 0 fully saturated rings. The molecule has 0 radical (unpaired) electrons. The van der Waals surface area contributed by atoms with Gasteiger partial charge in [-0.25, -0.2) is 0 Å². The third-order valence-corrected chi connectivity index (χ3v) is 5.33. The molecule has 0 spiro atoms. The van der Waals surface area contributed by atoms with E-state index in [1.54, 1.807) is 11.8 Å². The molecule has 0 saturated heterocycles. The van der Waals surface area contributed by atoms with Crippen molar-refractivity contribution in [3.63, 3.8) is 0 Å². The number of pyridine rings is 1. The highest BCUT2D eigenvalue weighted by atomic mass is 32.2. The molecule has 1 N–H and O–H groups in total. The molecule has 2 heterocycles. The molecule has 0 aliphatic carbocycles. The summed E-state index contributed by atoms with van der Waals surface area (Å²) >= 11 is 1.73. The standard InChI is InChI=1S/C21H25N3S/c1-13(2)19(18-8-6-7-9-22-18)20-16(5)23-24-21(20)25-17-11-14(3)10-15(4)12-17/h6-13,19H,1-5H3,(H,23,24). The summed E-state index contributed by atoms with van der Waals surface area (Å²) in [4.78, 5) is 5.85. The first-order valence-corrected chi connectivity index (χ1v) is 9.49. The average Bonchev–Trinajstić information content (AvgIpc) is 2.88. The van der Waals surface area contributed by atoms with Crippen molar-refractivity contribution in [2.75, 3.05) is 0 Å². The van der Waals surface area contributed by atoms with Crippen LogP contribution in [0.15, 0.2) is 52.5 Å². The number of aromatic amines is 1. The molecule has 3 rings (SSSR count). The quantitative estimate of drug-likeness (QED) is 0.644. The minimum atomic E-state index is 0.230. The van der Waals surface area contributed by atoms with Crippen molar-refractivity contribution in [1.29, 1.82) is 0 Å². The highest BCUT2D eigenvalue weighted by molar-refractivity contribution is 7.99. The van der Waals surface area contributed by atoms with E-state index in [4.69, 9.17) is 0 Å². The Hall–Kier alpha value is -2.07. The van der Waals surface area contributed by atoms with E-state index in [0.29, 0.717) is 5.92 Å². The lowest BCUT2D eigenvalue weighted by molar-refractivity contribution is 0.543. The fourth-order valence-electron chi connectivity index (χ4n) is 3.35. The first-order valence-electron chi connectivity index (χ1n) is 8.67. The molecule has 3 nitrogen and oxygen atoms in total. The third-order valence-electron chi connectivity index (χ3n) is 4.35. The topological polar surface area (TPSA) is 41.6 Å². The maximum absolute atomic E-state index is 4.62. The van der Waals surface area contributed by atoms with Crippen LogP contribution < -0.4 is 0 Å². The van der Waals surface area contributed by atoms with Crippen LogP contribution in [0.4, 0.5) is 0 Å². The smallest absolute Gasteiger partial charge is 0.127 e. The summed E-state index contributed by atoms with van der Waals surface area (Å²) < 4.78 is 0. The summed E-state index contributed by atoms with van der Waals surface area (Å²) in [6.07, 6.45) is 1.87. The molecule has 0 aliphatic rings. The average molecular weight is 352 g/mol. The largest absolute Gasteiger partial charge is 0.281 e. The number of hydrogen-bond acceptors (Lipinski definition) is 3. The molecular formula is C21H25N3S. The Morgan fingerprint density at radius 1 is 1.00 bits per heavy atom. The summed E-state index contributed by atoms with van der Waals surface area (Å²) in [5.41, 5.74) is 6.04. The minimum absolute atomic E-state index is 0.230. The first-order chi connectivity index (χ1) is 12.0. The molecule has 130 valence electrons. The van der Waals surface area contributed by atoms with Crippen LogP contribution in [0.3, 0.4) is 0 Å². The van der Waals surface area contributed by atoms with Gasteiger partial charge in [0.25, 0.3) is 0 Å². The van der Waals surface area contributed by atoms with Gasteiger partial charge in [-0.1, -0.05) is 37.7 Å². The zero-order valence-corrected chi connectivity index (χ0v) is 16.3. The Morgan fingerprint density at radius 2 is 1.72 bits per heavy atom. The van der Waals surface area contributed by atoms with Crippen molar-refractivity contribution in [2.45, 2.75) is 50.5 Å². The maximum Gasteiger partial charge on any atom is 0.127 e. The van der Waals surface area contributed by atoms with Gasteiger partial charge in [0.15, 0.2) is 0 Å². The van der Waals surface area contributed by atoms with Crippen molar-refractivity contribution in [2.24, 2.45) is 5.92 Å². The van der Waals surface area contributed by atoms with Crippen molar-refractivity contribution in [3.05, 3.63) is 70.7 Å². The van der Waals surface area contributed by atoms with E-state index < -0.39 is 0 Å². The number of benzene rings is 1. The summed E-state index contributed by atoms with van der Waals surface area (Å²) in [5, 5.41) is 8.85. The number of H-pyrrole nitrogens is 1. The molecule has 0 amide bonds. The van der Waals surface area contributed by atoms with Gasteiger partial charge in [0.05, 0.1) is 0 Å². The summed E-state index contributed by atoms with van der Waals surface area (Å²) in [6.45, 7) is 10.9. The number of nitrogens with zero attached hydrogens (tertiary/aromatic N) is 2. The van der Waals surface area contributed by atoms with Crippen LogP contribution >= 0.6 is 11.8 Å². The van der Waals surface area contributed by atoms with Crippen LogP contribution in [-0.4, -0.2) is 15.2 Å². The lowest BCUT2D eigenvalue weighted by Gasteiger charge is -2.21. The molecule has 1 unspecified atom stereocenters. The number of nitrogens with one attached hydrogen (secondary N) is 1. The Balaban J connectivity index is 2.03. The number of aromatic nitrogens is 3. The Bertz CT molecular complexity index is 833. The minimum Gasteiger partial charge on any atom is -0.281 e. The van der Waals surface area contributed by atoms with Crippen molar-refractivity contribution in [3.8, 4) is 0 Å². The van der Waals surface area contributed by atoms with Gasteiger partial charge in [0.2, 0.25) is 0 Å². The molecule has 2 aromatic heterocycles. The van der Waals surface area contributed by atoms with Crippen LogP contribution in [-0.2, 0) is 0 Å². The van der Waals surface area contributed by atoms with Gasteiger partial charge in [-0.2, -0.15) is 5.10 Å². The van der Waals surface area contributed by atoms with E-state index in [9.17, 15) is 0 Å². The molecule has 3 aromatic rings. The van der Waals surface area contributed by atoms with Gasteiger partial charge in [-0.3, -0.25) is 10.1 Å². The lowest BCUT2D eigenvalue weighted by atomic mass is 9.85. The molecule has 0 aliphatic heterocycles. The predicted molar refractivity (Wildman–Crippen MR) is 104 cm³/mol. The lowest BCUT2D eigenvalue weighted by Crippen LogP contribution is -2.11. The Morgan fingerprint density at radius 3 is 2.32 bits per heavy atom. The molecule has 25 heavy (non-hydrogen) atoms. The second kappa shape index (κ2) is 7.44. The number of rotatable bonds is 5. The maximum atomic E-state index is 4.62. The number of aryl methyl sites for hydroxylation is 3. The van der Waals surface area contributed by atoms with Crippen molar-refractivity contribution < 1.29 is 0 Å². The first kappa shape index (κ1) is 17.7. The second-order valence-electron chi connectivity index (χ2n) is 6.97. The SMILES string of the molecule is Cc1cc(C)cc(Sc2n[nH]c(C)c2C(c2ccccn2)C(C)C)c1. The second-order valence-corrected chi connectivity index (χ2v) is 8.03. The fourth-order valence-corrected chi connectivity index (χ4v) is 4.54.